The van der Waals surface area contributed by atoms with Crippen LogP contribution in [0.1, 0.15) is 15.9 Å². The molecule has 0 aliphatic carbocycles. The molecule has 0 atom stereocenters. The lowest BCUT2D eigenvalue weighted by molar-refractivity contribution is 0.102. The third-order valence-corrected chi connectivity index (χ3v) is 5.54. The molecule has 0 saturated carbocycles. The first-order valence-corrected chi connectivity index (χ1v) is 10.2. The molecule has 160 valence electrons. The molecule has 1 amide bonds. The highest BCUT2D eigenvalue weighted by molar-refractivity contribution is 6.06. The predicted molar refractivity (Wildman–Crippen MR) is 121 cm³/mol. The molecule has 0 radical (unpaired) electrons. The van der Waals surface area contributed by atoms with E-state index in [1.165, 1.54) is 6.07 Å². The van der Waals surface area contributed by atoms with E-state index < -0.39 is 0 Å². The van der Waals surface area contributed by atoms with Crippen LogP contribution in [0.5, 0.6) is 5.75 Å². The summed E-state index contributed by atoms with van der Waals surface area (Å²) in [7, 11) is 1.63. The molecule has 1 fully saturated rings. The summed E-state index contributed by atoms with van der Waals surface area (Å²) in [6, 6.07) is 18.1. The second kappa shape index (κ2) is 9.18. The van der Waals surface area contributed by atoms with E-state index in [0.29, 0.717) is 43.2 Å². The number of benzene rings is 3. The molecule has 3 aromatic carbocycles. The minimum absolute atomic E-state index is 0.272. The smallest absolute Gasteiger partial charge is 0.255 e. The van der Waals surface area contributed by atoms with Crippen LogP contribution in [-0.2, 0) is 4.74 Å². The molecule has 31 heavy (non-hydrogen) atoms. The summed E-state index contributed by atoms with van der Waals surface area (Å²) in [6.07, 6.45) is 0. The van der Waals surface area contributed by atoms with Gasteiger partial charge in [-0.05, 0) is 60.0 Å². The Morgan fingerprint density at radius 3 is 2.48 bits per heavy atom. The van der Waals surface area contributed by atoms with Gasteiger partial charge in [-0.1, -0.05) is 24.3 Å². The standard InChI is InChI=1S/C25H25FN2O3/c1-17-21(18-6-9-20(30-2)10-7-18)4-3-5-22(17)25(29)27-19-8-11-24(23(26)16-19)28-12-14-31-15-13-28/h3-11,16H,12-15H2,1-2H3,(H,27,29). The maximum Gasteiger partial charge on any atom is 0.255 e. The quantitative estimate of drug-likeness (QED) is 0.638. The van der Waals surface area contributed by atoms with Crippen molar-refractivity contribution in [3.8, 4) is 16.9 Å². The largest absolute Gasteiger partial charge is 0.497 e. The maximum atomic E-state index is 14.7. The van der Waals surface area contributed by atoms with Crippen molar-refractivity contribution in [2.45, 2.75) is 6.92 Å². The van der Waals surface area contributed by atoms with Crippen LogP contribution in [0.2, 0.25) is 0 Å². The lowest BCUT2D eigenvalue weighted by atomic mass is 9.96. The summed E-state index contributed by atoms with van der Waals surface area (Å²) in [4.78, 5) is 14.9. The number of methoxy groups -OCH3 is 1. The molecule has 0 bridgehead atoms. The Balaban J connectivity index is 1.54. The molecule has 6 heteroatoms. The molecule has 1 aliphatic rings. The highest BCUT2D eigenvalue weighted by atomic mass is 19.1. The van der Waals surface area contributed by atoms with Gasteiger partial charge in [-0.15, -0.1) is 0 Å². The van der Waals surface area contributed by atoms with Crippen LogP contribution in [0.15, 0.2) is 60.7 Å². The average Bonchev–Trinajstić information content (AvgIpc) is 2.80. The lowest BCUT2D eigenvalue weighted by Gasteiger charge is -2.29. The SMILES string of the molecule is COc1ccc(-c2cccc(C(=O)Nc3ccc(N4CCOCC4)c(F)c3)c2C)cc1. The summed E-state index contributed by atoms with van der Waals surface area (Å²) in [5.74, 6) is 0.146. The van der Waals surface area contributed by atoms with E-state index in [2.05, 4.69) is 5.32 Å². The third kappa shape index (κ3) is 4.54. The molecule has 4 rings (SSSR count). The lowest BCUT2D eigenvalue weighted by Crippen LogP contribution is -2.36. The molecule has 0 spiro atoms. The van der Waals surface area contributed by atoms with Crippen LogP contribution in [0, 0.1) is 12.7 Å². The fourth-order valence-electron chi connectivity index (χ4n) is 3.81. The van der Waals surface area contributed by atoms with E-state index >= 15 is 0 Å². The Morgan fingerprint density at radius 1 is 1.06 bits per heavy atom. The number of hydrogen-bond donors (Lipinski definition) is 1. The molecule has 5 nitrogen and oxygen atoms in total. The van der Waals surface area contributed by atoms with Gasteiger partial charge in [-0.2, -0.15) is 0 Å². The van der Waals surface area contributed by atoms with Crippen LogP contribution in [-0.4, -0.2) is 39.3 Å². The number of morpholine rings is 1. The first-order valence-electron chi connectivity index (χ1n) is 10.2. The molecule has 0 aromatic heterocycles. The predicted octanol–water partition coefficient (Wildman–Crippen LogP) is 4.90. The van der Waals surface area contributed by atoms with E-state index in [4.69, 9.17) is 9.47 Å². The fourth-order valence-corrected chi connectivity index (χ4v) is 3.81. The van der Waals surface area contributed by atoms with Gasteiger partial charge in [0, 0.05) is 24.3 Å². The van der Waals surface area contributed by atoms with E-state index in [1.807, 2.05) is 48.2 Å². The third-order valence-electron chi connectivity index (χ3n) is 5.54. The van der Waals surface area contributed by atoms with Gasteiger partial charge in [0.2, 0.25) is 0 Å². The molecule has 1 N–H and O–H groups in total. The summed E-state index contributed by atoms with van der Waals surface area (Å²) in [5.41, 5.74) is 4.31. The summed E-state index contributed by atoms with van der Waals surface area (Å²) in [5, 5.41) is 2.82. The Labute approximate surface area is 181 Å². The maximum absolute atomic E-state index is 14.7. The van der Waals surface area contributed by atoms with Crippen LogP contribution in [0.3, 0.4) is 0 Å². The Bertz CT molecular complexity index is 1080. The van der Waals surface area contributed by atoms with Gasteiger partial charge in [0.15, 0.2) is 0 Å². The van der Waals surface area contributed by atoms with Crippen molar-refractivity contribution in [2.75, 3.05) is 43.6 Å². The number of rotatable bonds is 5. The highest BCUT2D eigenvalue weighted by Crippen LogP contribution is 2.29. The number of ether oxygens (including phenoxy) is 2. The van der Waals surface area contributed by atoms with Crippen molar-refractivity contribution < 1.29 is 18.7 Å². The van der Waals surface area contributed by atoms with Crippen LogP contribution < -0.4 is 15.0 Å². The summed E-state index contributed by atoms with van der Waals surface area (Å²) >= 11 is 0. The van der Waals surface area contributed by atoms with Crippen LogP contribution in [0.4, 0.5) is 15.8 Å². The topological polar surface area (TPSA) is 50.8 Å². The minimum atomic E-state index is -0.358. The number of amides is 1. The van der Waals surface area contributed by atoms with Crippen molar-refractivity contribution in [1.82, 2.24) is 0 Å². The number of nitrogens with zero attached hydrogens (tertiary/aromatic N) is 1. The van der Waals surface area contributed by atoms with Crippen molar-refractivity contribution in [2.24, 2.45) is 0 Å². The van der Waals surface area contributed by atoms with E-state index in [-0.39, 0.29) is 11.7 Å². The van der Waals surface area contributed by atoms with Gasteiger partial charge in [0.1, 0.15) is 11.6 Å². The normalized spacial score (nSPS) is 13.7. The number of anilines is 2. The minimum Gasteiger partial charge on any atom is -0.497 e. The zero-order chi connectivity index (χ0) is 21.8. The molecule has 1 saturated heterocycles. The van der Waals surface area contributed by atoms with Crippen molar-refractivity contribution in [3.05, 3.63) is 77.6 Å². The Morgan fingerprint density at radius 2 is 1.81 bits per heavy atom. The molecule has 3 aromatic rings. The van der Waals surface area contributed by atoms with Gasteiger partial charge in [-0.25, -0.2) is 4.39 Å². The number of halogens is 1. The van der Waals surface area contributed by atoms with Gasteiger partial charge in [0.25, 0.3) is 5.91 Å². The van der Waals surface area contributed by atoms with Crippen LogP contribution >= 0.6 is 0 Å². The van der Waals surface area contributed by atoms with Gasteiger partial charge in [-0.3, -0.25) is 4.79 Å². The Kier molecular flexibility index (Phi) is 6.18. The first-order chi connectivity index (χ1) is 15.1. The van der Waals surface area contributed by atoms with E-state index in [0.717, 1.165) is 22.4 Å². The van der Waals surface area contributed by atoms with Crippen LogP contribution in [0.25, 0.3) is 11.1 Å². The molecule has 0 unspecified atom stereocenters. The zero-order valence-electron chi connectivity index (χ0n) is 17.7. The Hall–Kier alpha value is -3.38. The van der Waals surface area contributed by atoms with Gasteiger partial charge >= 0.3 is 0 Å². The second-order valence-electron chi connectivity index (χ2n) is 7.43. The van der Waals surface area contributed by atoms with E-state index in [1.54, 1.807) is 25.3 Å². The number of nitrogens with one attached hydrogen (secondary N) is 1. The molecular weight excluding hydrogens is 395 g/mol. The van der Waals surface area contributed by atoms with Gasteiger partial charge in [0.05, 0.1) is 26.0 Å². The first kappa shape index (κ1) is 20.9. The second-order valence-corrected chi connectivity index (χ2v) is 7.43. The molecule has 1 heterocycles. The highest BCUT2D eigenvalue weighted by Gasteiger charge is 2.17. The summed E-state index contributed by atoms with van der Waals surface area (Å²) in [6.45, 7) is 4.39. The van der Waals surface area contributed by atoms with Crippen molar-refractivity contribution in [1.29, 1.82) is 0 Å². The zero-order valence-corrected chi connectivity index (χ0v) is 17.7. The average molecular weight is 420 g/mol. The fraction of sp³-hybridized carbons (Fsp3) is 0.240. The number of carbonyl (C=O) groups is 1. The summed E-state index contributed by atoms with van der Waals surface area (Å²) < 4.78 is 25.2. The number of hydrogen-bond acceptors (Lipinski definition) is 4. The van der Waals surface area contributed by atoms with Gasteiger partial charge < -0.3 is 19.7 Å². The van der Waals surface area contributed by atoms with Crippen molar-refractivity contribution in [3.63, 3.8) is 0 Å². The number of carbonyl (C=O) groups excluding carboxylic acids is 1. The molecule has 1 aliphatic heterocycles. The van der Waals surface area contributed by atoms with Crippen molar-refractivity contribution >= 4 is 17.3 Å². The monoisotopic (exact) mass is 420 g/mol. The van der Waals surface area contributed by atoms with E-state index in [9.17, 15) is 9.18 Å². The molecular formula is C25H25FN2O3.